The highest BCUT2D eigenvalue weighted by Gasteiger charge is 2.11. The van der Waals surface area contributed by atoms with Crippen molar-refractivity contribution in [1.29, 1.82) is 0 Å². The van der Waals surface area contributed by atoms with Gasteiger partial charge in [-0.05, 0) is 34.4 Å². The third-order valence-electron chi connectivity index (χ3n) is 3.68. The van der Waals surface area contributed by atoms with Crippen LogP contribution in [0.1, 0.15) is 5.82 Å². The van der Waals surface area contributed by atoms with Crippen LogP contribution in [0.4, 0.5) is 0 Å². The van der Waals surface area contributed by atoms with Gasteiger partial charge in [0.2, 0.25) is 5.82 Å². The Morgan fingerprint density at radius 3 is 2.88 bits per heavy atom. The van der Waals surface area contributed by atoms with Crippen molar-refractivity contribution in [1.82, 2.24) is 10.1 Å². The molecule has 0 aliphatic heterocycles. The third-order valence-corrected chi connectivity index (χ3v) is 5.33. The number of benzene rings is 2. The first kappa shape index (κ1) is 16.8. The number of thiophene rings is 1. The standard InChI is InChI=1S/C19H14N2O3S2/c22-18(12-26-16-6-5-13-3-1-2-4-14(13)9-16)23-10-17-20-19(24-21-17)15-7-8-25-11-15/h1-9,11H,10,12H2. The van der Waals surface area contributed by atoms with Crippen LogP contribution in [0.15, 0.2) is 68.7 Å². The number of aromatic nitrogens is 2. The van der Waals surface area contributed by atoms with Crippen LogP contribution in [0.2, 0.25) is 0 Å². The minimum Gasteiger partial charge on any atom is -0.457 e. The van der Waals surface area contributed by atoms with Crippen molar-refractivity contribution in [2.45, 2.75) is 11.5 Å². The molecule has 0 fully saturated rings. The smallest absolute Gasteiger partial charge is 0.316 e. The van der Waals surface area contributed by atoms with E-state index in [1.54, 1.807) is 11.3 Å². The first-order valence-electron chi connectivity index (χ1n) is 7.90. The number of ether oxygens (including phenoxy) is 1. The maximum Gasteiger partial charge on any atom is 0.316 e. The fraction of sp³-hybridized carbons (Fsp3) is 0.105. The third kappa shape index (κ3) is 3.95. The zero-order valence-corrected chi connectivity index (χ0v) is 15.3. The average molecular weight is 382 g/mol. The molecule has 0 unspecified atom stereocenters. The summed E-state index contributed by atoms with van der Waals surface area (Å²) < 4.78 is 10.4. The van der Waals surface area contributed by atoms with Crippen LogP contribution in [-0.2, 0) is 16.1 Å². The summed E-state index contributed by atoms with van der Waals surface area (Å²) in [5.41, 5.74) is 0.868. The molecule has 0 radical (unpaired) electrons. The molecule has 0 atom stereocenters. The number of nitrogens with zero attached hydrogens (tertiary/aromatic N) is 2. The summed E-state index contributed by atoms with van der Waals surface area (Å²) in [6.45, 7) is 0.00471. The van der Waals surface area contributed by atoms with Gasteiger partial charge in [0.05, 0.1) is 11.3 Å². The Hall–Kier alpha value is -2.64. The fourth-order valence-corrected chi connectivity index (χ4v) is 3.77. The molecular weight excluding hydrogens is 368 g/mol. The van der Waals surface area contributed by atoms with E-state index >= 15 is 0 Å². The van der Waals surface area contributed by atoms with E-state index in [9.17, 15) is 4.79 Å². The molecule has 0 saturated heterocycles. The van der Waals surface area contributed by atoms with E-state index < -0.39 is 0 Å². The zero-order valence-electron chi connectivity index (χ0n) is 13.6. The predicted octanol–water partition coefficient (Wildman–Crippen LogP) is 4.79. The SMILES string of the molecule is O=C(CSc1ccc2ccccc2c1)OCc1noc(-c2ccsc2)n1. The van der Waals surface area contributed by atoms with Crippen LogP contribution in [0.5, 0.6) is 0 Å². The van der Waals surface area contributed by atoms with E-state index in [2.05, 4.69) is 28.3 Å². The largest absolute Gasteiger partial charge is 0.457 e. The second-order valence-corrected chi connectivity index (χ2v) is 7.31. The van der Waals surface area contributed by atoms with Gasteiger partial charge in [0.1, 0.15) is 0 Å². The lowest BCUT2D eigenvalue weighted by molar-refractivity contribution is -0.141. The summed E-state index contributed by atoms with van der Waals surface area (Å²) in [6, 6.07) is 16.1. The molecule has 0 saturated carbocycles. The molecule has 4 rings (SSSR count). The number of carbonyl (C=O) groups is 1. The van der Waals surface area contributed by atoms with Gasteiger partial charge in [-0.2, -0.15) is 16.3 Å². The van der Waals surface area contributed by atoms with Gasteiger partial charge >= 0.3 is 5.97 Å². The normalized spacial score (nSPS) is 10.9. The lowest BCUT2D eigenvalue weighted by atomic mass is 10.1. The Labute approximate surface area is 158 Å². The molecule has 2 aromatic carbocycles. The summed E-state index contributed by atoms with van der Waals surface area (Å²) in [4.78, 5) is 17.2. The summed E-state index contributed by atoms with van der Waals surface area (Å²) in [7, 11) is 0. The number of esters is 1. The van der Waals surface area contributed by atoms with Gasteiger partial charge in [-0.25, -0.2) is 0 Å². The van der Waals surface area contributed by atoms with E-state index in [0.29, 0.717) is 11.7 Å². The van der Waals surface area contributed by atoms with Crippen LogP contribution in [0, 0.1) is 0 Å². The summed E-state index contributed by atoms with van der Waals surface area (Å²) in [6.07, 6.45) is 0. The molecule has 26 heavy (non-hydrogen) atoms. The maximum atomic E-state index is 12.0. The number of hydrogen-bond donors (Lipinski definition) is 0. The molecule has 0 spiro atoms. The van der Waals surface area contributed by atoms with Crippen LogP contribution in [0.3, 0.4) is 0 Å². The van der Waals surface area contributed by atoms with Gasteiger partial charge < -0.3 is 9.26 Å². The Morgan fingerprint density at radius 1 is 1.15 bits per heavy atom. The number of hydrogen-bond acceptors (Lipinski definition) is 7. The molecule has 7 heteroatoms. The molecule has 4 aromatic rings. The van der Waals surface area contributed by atoms with E-state index in [1.165, 1.54) is 17.1 Å². The maximum absolute atomic E-state index is 12.0. The lowest BCUT2D eigenvalue weighted by Crippen LogP contribution is -2.08. The van der Waals surface area contributed by atoms with E-state index in [1.807, 2.05) is 41.1 Å². The van der Waals surface area contributed by atoms with E-state index in [0.717, 1.165) is 15.8 Å². The minimum atomic E-state index is -0.315. The number of rotatable bonds is 6. The second kappa shape index (κ2) is 7.72. The van der Waals surface area contributed by atoms with Gasteiger partial charge in [0, 0.05) is 10.3 Å². The predicted molar refractivity (Wildman–Crippen MR) is 102 cm³/mol. The van der Waals surface area contributed by atoms with Gasteiger partial charge in [0.15, 0.2) is 6.61 Å². The van der Waals surface area contributed by atoms with Crippen molar-refractivity contribution in [3.8, 4) is 11.5 Å². The van der Waals surface area contributed by atoms with Crippen molar-refractivity contribution in [2.24, 2.45) is 0 Å². The topological polar surface area (TPSA) is 65.2 Å². The molecule has 0 amide bonds. The van der Waals surface area contributed by atoms with Crippen LogP contribution < -0.4 is 0 Å². The number of carbonyl (C=O) groups excluding carboxylic acids is 1. The number of fused-ring (bicyclic) bond motifs is 1. The second-order valence-electron chi connectivity index (χ2n) is 5.49. The first-order valence-corrected chi connectivity index (χ1v) is 9.83. The fourth-order valence-electron chi connectivity index (χ4n) is 2.40. The Kier molecular flexibility index (Phi) is 4.99. The summed E-state index contributed by atoms with van der Waals surface area (Å²) in [5.74, 6) is 0.705. The molecule has 5 nitrogen and oxygen atoms in total. The van der Waals surface area contributed by atoms with Crippen LogP contribution in [0.25, 0.3) is 22.2 Å². The monoisotopic (exact) mass is 382 g/mol. The highest BCUT2D eigenvalue weighted by atomic mass is 32.2. The molecule has 0 aliphatic carbocycles. The highest BCUT2D eigenvalue weighted by molar-refractivity contribution is 8.00. The first-order chi connectivity index (χ1) is 12.8. The Bertz CT molecular complexity index is 1030. The van der Waals surface area contributed by atoms with Crippen molar-refractivity contribution in [3.05, 3.63) is 65.1 Å². The molecule has 0 aliphatic rings. The summed E-state index contributed by atoms with van der Waals surface area (Å²) in [5, 5.41) is 10.0. The van der Waals surface area contributed by atoms with Gasteiger partial charge in [-0.15, -0.1) is 11.8 Å². The Morgan fingerprint density at radius 2 is 2.04 bits per heavy atom. The molecule has 2 aromatic heterocycles. The van der Waals surface area contributed by atoms with E-state index in [4.69, 9.17) is 9.26 Å². The van der Waals surface area contributed by atoms with Crippen molar-refractivity contribution in [3.63, 3.8) is 0 Å². The van der Waals surface area contributed by atoms with Gasteiger partial charge in [-0.3, -0.25) is 4.79 Å². The number of thioether (sulfide) groups is 1. The molecule has 0 N–H and O–H groups in total. The minimum absolute atomic E-state index is 0.00471. The van der Waals surface area contributed by atoms with Gasteiger partial charge in [-0.1, -0.05) is 35.5 Å². The van der Waals surface area contributed by atoms with Crippen LogP contribution >= 0.6 is 23.1 Å². The average Bonchev–Trinajstić information content (AvgIpc) is 3.36. The van der Waals surface area contributed by atoms with Gasteiger partial charge in [0.25, 0.3) is 5.89 Å². The zero-order chi connectivity index (χ0) is 17.8. The quantitative estimate of drug-likeness (QED) is 0.353. The molecule has 0 bridgehead atoms. The van der Waals surface area contributed by atoms with Crippen LogP contribution in [-0.4, -0.2) is 21.9 Å². The Balaban J connectivity index is 1.30. The molecular formula is C19H14N2O3S2. The van der Waals surface area contributed by atoms with E-state index in [-0.39, 0.29) is 18.3 Å². The molecule has 2 heterocycles. The van der Waals surface area contributed by atoms with Crippen molar-refractivity contribution in [2.75, 3.05) is 5.75 Å². The summed E-state index contributed by atoms with van der Waals surface area (Å²) >= 11 is 3.00. The lowest BCUT2D eigenvalue weighted by Gasteiger charge is -2.04. The van der Waals surface area contributed by atoms with Crippen molar-refractivity contribution < 1.29 is 14.1 Å². The molecule has 130 valence electrons. The van der Waals surface area contributed by atoms with Crippen molar-refractivity contribution >= 4 is 39.8 Å². The highest BCUT2D eigenvalue weighted by Crippen LogP contribution is 2.24.